The highest BCUT2D eigenvalue weighted by Gasteiger charge is 2.25. The summed E-state index contributed by atoms with van der Waals surface area (Å²) in [4.78, 5) is 31.9. The number of fused-ring (bicyclic) bond motifs is 3. The number of non-ortho nitro benzene ring substituents is 1. The SMILES string of the molecule is Cc1ccc(C)c(-n2c(SCc3cccc([N+](=O)[O-])c3)nc3sc4c(c3c2=O)CC[C@H](C)C4)c1. The number of nitrogens with zero attached hydrogens (tertiary/aromatic N) is 3. The first kappa shape index (κ1) is 22.8. The van der Waals surface area contributed by atoms with Crippen LogP contribution in [0.15, 0.2) is 52.4 Å². The summed E-state index contributed by atoms with van der Waals surface area (Å²) in [5.74, 6) is 1.09. The number of rotatable bonds is 5. The van der Waals surface area contributed by atoms with Crippen molar-refractivity contribution in [3.63, 3.8) is 0 Å². The van der Waals surface area contributed by atoms with Crippen LogP contribution in [-0.2, 0) is 18.6 Å². The first-order valence-corrected chi connectivity index (χ1v) is 13.1. The van der Waals surface area contributed by atoms with Gasteiger partial charge in [0.05, 0.1) is 16.0 Å². The molecule has 2 aromatic heterocycles. The summed E-state index contributed by atoms with van der Waals surface area (Å²) in [6, 6.07) is 12.7. The summed E-state index contributed by atoms with van der Waals surface area (Å²) in [5, 5.41) is 12.6. The number of thiophene rings is 1. The molecule has 0 aliphatic heterocycles. The van der Waals surface area contributed by atoms with Crippen LogP contribution in [0.1, 0.15) is 40.5 Å². The molecule has 5 rings (SSSR count). The smallest absolute Gasteiger partial charge is 0.268 e. The number of nitro groups is 1. The fraction of sp³-hybridized carbons (Fsp3) is 0.308. The zero-order valence-electron chi connectivity index (χ0n) is 19.3. The van der Waals surface area contributed by atoms with Crippen LogP contribution in [0.5, 0.6) is 0 Å². The second-order valence-electron chi connectivity index (χ2n) is 9.07. The number of aryl methyl sites for hydroxylation is 3. The standard InChI is InChI=1S/C26H25N3O3S2/c1-15-7-9-17(3)21(11-15)28-25(30)23-20-10-8-16(2)12-22(20)34-24(23)27-26(28)33-14-18-5-4-6-19(13-18)29(31)32/h4-7,9,11,13,16H,8,10,12,14H2,1-3H3/t16-/m0/s1. The molecule has 2 heterocycles. The fourth-order valence-corrected chi connectivity index (χ4v) is 6.92. The summed E-state index contributed by atoms with van der Waals surface area (Å²) < 4.78 is 1.75. The van der Waals surface area contributed by atoms with E-state index in [1.54, 1.807) is 28.0 Å². The highest BCUT2D eigenvalue weighted by Crippen LogP contribution is 2.37. The Balaban J connectivity index is 1.66. The number of hydrogen-bond acceptors (Lipinski definition) is 6. The van der Waals surface area contributed by atoms with Gasteiger partial charge in [-0.2, -0.15) is 0 Å². The second-order valence-corrected chi connectivity index (χ2v) is 11.1. The van der Waals surface area contributed by atoms with Crippen LogP contribution in [0.2, 0.25) is 0 Å². The number of benzene rings is 2. The van der Waals surface area contributed by atoms with E-state index in [0.717, 1.165) is 51.9 Å². The molecule has 1 atom stereocenters. The van der Waals surface area contributed by atoms with Gasteiger partial charge in [0, 0.05) is 22.8 Å². The molecule has 0 bridgehead atoms. The van der Waals surface area contributed by atoms with E-state index < -0.39 is 0 Å². The van der Waals surface area contributed by atoms with Crippen LogP contribution in [-0.4, -0.2) is 14.5 Å². The molecule has 0 radical (unpaired) electrons. The van der Waals surface area contributed by atoms with Crippen molar-refractivity contribution in [2.24, 2.45) is 5.92 Å². The van der Waals surface area contributed by atoms with Crippen LogP contribution in [0, 0.1) is 29.9 Å². The van der Waals surface area contributed by atoms with Gasteiger partial charge in [-0.3, -0.25) is 19.5 Å². The Bertz CT molecular complexity index is 1490. The molecule has 174 valence electrons. The summed E-state index contributed by atoms with van der Waals surface area (Å²) in [6.45, 7) is 6.28. The van der Waals surface area contributed by atoms with Gasteiger partial charge in [0.2, 0.25) is 0 Å². The molecular formula is C26H25N3O3S2. The maximum Gasteiger partial charge on any atom is 0.269 e. The Morgan fingerprint density at radius 3 is 2.85 bits per heavy atom. The van der Waals surface area contributed by atoms with E-state index in [-0.39, 0.29) is 16.2 Å². The van der Waals surface area contributed by atoms with Crippen LogP contribution in [0.25, 0.3) is 15.9 Å². The zero-order valence-corrected chi connectivity index (χ0v) is 21.0. The van der Waals surface area contributed by atoms with Crippen LogP contribution in [0.3, 0.4) is 0 Å². The quantitative estimate of drug-likeness (QED) is 0.140. The maximum absolute atomic E-state index is 14.0. The van der Waals surface area contributed by atoms with Crippen molar-refractivity contribution in [2.75, 3.05) is 0 Å². The minimum atomic E-state index is -0.387. The molecular weight excluding hydrogens is 466 g/mol. The third kappa shape index (κ3) is 4.16. The summed E-state index contributed by atoms with van der Waals surface area (Å²) in [5.41, 5.74) is 4.95. The van der Waals surface area contributed by atoms with Crippen LogP contribution < -0.4 is 5.56 Å². The second kappa shape index (κ2) is 9.00. The number of hydrogen-bond donors (Lipinski definition) is 0. The lowest BCUT2D eigenvalue weighted by Gasteiger charge is -2.18. The Morgan fingerprint density at radius 1 is 1.24 bits per heavy atom. The van der Waals surface area contributed by atoms with Gasteiger partial charge in [-0.05, 0) is 67.3 Å². The molecule has 0 N–H and O–H groups in total. The van der Waals surface area contributed by atoms with E-state index in [0.29, 0.717) is 16.8 Å². The summed E-state index contributed by atoms with van der Waals surface area (Å²) in [7, 11) is 0. The van der Waals surface area contributed by atoms with Gasteiger partial charge >= 0.3 is 0 Å². The Morgan fingerprint density at radius 2 is 2.06 bits per heavy atom. The molecule has 0 spiro atoms. The molecule has 4 aromatic rings. The van der Waals surface area contributed by atoms with Crippen molar-refractivity contribution in [3.05, 3.63) is 90.1 Å². The van der Waals surface area contributed by atoms with E-state index in [4.69, 9.17) is 4.98 Å². The van der Waals surface area contributed by atoms with Gasteiger partial charge < -0.3 is 0 Å². The first-order chi connectivity index (χ1) is 16.3. The predicted octanol–water partition coefficient (Wildman–Crippen LogP) is 6.39. The molecule has 0 saturated carbocycles. The average molecular weight is 492 g/mol. The topological polar surface area (TPSA) is 78.0 Å². The molecule has 6 nitrogen and oxygen atoms in total. The largest absolute Gasteiger partial charge is 0.269 e. The van der Waals surface area contributed by atoms with Gasteiger partial charge in [-0.1, -0.05) is 43.0 Å². The van der Waals surface area contributed by atoms with Crippen molar-refractivity contribution < 1.29 is 4.92 Å². The molecule has 0 amide bonds. The first-order valence-electron chi connectivity index (χ1n) is 11.3. The van der Waals surface area contributed by atoms with Crippen LogP contribution in [0.4, 0.5) is 5.69 Å². The monoisotopic (exact) mass is 491 g/mol. The lowest BCUT2D eigenvalue weighted by atomic mass is 9.89. The predicted molar refractivity (Wildman–Crippen MR) is 139 cm³/mol. The molecule has 8 heteroatoms. The third-order valence-electron chi connectivity index (χ3n) is 6.39. The third-order valence-corrected chi connectivity index (χ3v) is 8.55. The van der Waals surface area contributed by atoms with Gasteiger partial charge in [0.1, 0.15) is 4.83 Å². The van der Waals surface area contributed by atoms with Crippen molar-refractivity contribution in [2.45, 2.75) is 50.9 Å². The molecule has 0 saturated heterocycles. The van der Waals surface area contributed by atoms with E-state index >= 15 is 0 Å². The molecule has 2 aromatic carbocycles. The molecule has 0 unspecified atom stereocenters. The lowest BCUT2D eigenvalue weighted by molar-refractivity contribution is -0.384. The van der Waals surface area contributed by atoms with Crippen molar-refractivity contribution in [1.29, 1.82) is 0 Å². The van der Waals surface area contributed by atoms with Crippen LogP contribution >= 0.6 is 23.1 Å². The van der Waals surface area contributed by atoms with E-state index in [1.165, 1.54) is 28.3 Å². The van der Waals surface area contributed by atoms with Gasteiger partial charge in [0.15, 0.2) is 5.16 Å². The minimum Gasteiger partial charge on any atom is -0.268 e. The highest BCUT2D eigenvalue weighted by molar-refractivity contribution is 7.98. The Hall–Kier alpha value is -2.97. The molecule has 1 aliphatic rings. The number of nitro benzene ring substituents is 1. The normalized spacial score (nSPS) is 15.4. The van der Waals surface area contributed by atoms with Crippen molar-refractivity contribution >= 4 is 39.0 Å². The van der Waals surface area contributed by atoms with E-state index in [2.05, 4.69) is 6.92 Å². The van der Waals surface area contributed by atoms with Gasteiger partial charge in [0.25, 0.3) is 11.2 Å². The molecule has 1 aliphatic carbocycles. The molecule has 0 fully saturated rings. The van der Waals surface area contributed by atoms with Crippen molar-refractivity contribution in [1.82, 2.24) is 9.55 Å². The highest BCUT2D eigenvalue weighted by atomic mass is 32.2. The minimum absolute atomic E-state index is 0.0210. The molecule has 34 heavy (non-hydrogen) atoms. The Kier molecular flexibility index (Phi) is 6.04. The van der Waals surface area contributed by atoms with E-state index in [9.17, 15) is 14.9 Å². The summed E-state index contributed by atoms with van der Waals surface area (Å²) in [6.07, 6.45) is 3.00. The van der Waals surface area contributed by atoms with Gasteiger partial charge in [-0.25, -0.2) is 4.98 Å². The zero-order chi connectivity index (χ0) is 24.0. The van der Waals surface area contributed by atoms with E-state index in [1.807, 2.05) is 38.1 Å². The fourth-order valence-electron chi connectivity index (χ4n) is 4.55. The van der Waals surface area contributed by atoms with Gasteiger partial charge in [-0.15, -0.1) is 11.3 Å². The summed E-state index contributed by atoms with van der Waals surface area (Å²) >= 11 is 3.09. The Labute approximate surface area is 205 Å². The number of aromatic nitrogens is 2. The maximum atomic E-state index is 14.0. The average Bonchev–Trinajstić information content (AvgIpc) is 3.17. The number of thioether (sulfide) groups is 1. The van der Waals surface area contributed by atoms with Crippen molar-refractivity contribution in [3.8, 4) is 5.69 Å². The lowest BCUT2D eigenvalue weighted by Crippen LogP contribution is -2.23.